The van der Waals surface area contributed by atoms with E-state index in [-0.39, 0.29) is 12.5 Å². The third-order valence-electron chi connectivity index (χ3n) is 6.07. The van der Waals surface area contributed by atoms with Crippen LogP contribution in [0.15, 0.2) is 24.3 Å². The second kappa shape index (κ2) is 11.0. The topological polar surface area (TPSA) is 44.8 Å². The molecule has 2 aliphatic rings. The lowest BCUT2D eigenvalue weighted by molar-refractivity contribution is -0.126. The van der Waals surface area contributed by atoms with Crippen LogP contribution in [0.25, 0.3) is 0 Å². The lowest BCUT2D eigenvalue weighted by Gasteiger charge is -2.37. The first-order valence-electron chi connectivity index (χ1n) is 10.7. The Bertz CT molecular complexity index is 612. The number of piperazine rings is 1. The maximum Gasteiger partial charge on any atom is 0.246 e. The fourth-order valence-corrected chi connectivity index (χ4v) is 4.60. The zero-order valence-corrected chi connectivity index (χ0v) is 17.8. The number of carbonyl (C=O) groups is 1. The monoisotopic (exact) mass is 407 g/mol. The van der Waals surface area contributed by atoms with E-state index >= 15 is 0 Å². The Morgan fingerprint density at radius 2 is 1.86 bits per heavy atom. The molecule has 6 heteroatoms. The number of halogens is 1. The molecule has 1 saturated heterocycles. The lowest BCUT2D eigenvalue weighted by Crippen LogP contribution is -2.47. The lowest BCUT2D eigenvalue weighted by atomic mass is 9.84. The Kier molecular flexibility index (Phi) is 8.44. The Balaban J connectivity index is 1.31. The van der Waals surface area contributed by atoms with Crippen LogP contribution in [0.3, 0.4) is 0 Å². The van der Waals surface area contributed by atoms with E-state index in [1.165, 1.54) is 25.8 Å². The van der Waals surface area contributed by atoms with Gasteiger partial charge >= 0.3 is 0 Å². The number of benzene rings is 1. The van der Waals surface area contributed by atoms with Crippen LogP contribution in [-0.2, 0) is 9.53 Å². The molecular formula is C22H34ClN3O2. The summed E-state index contributed by atoms with van der Waals surface area (Å²) in [6.45, 7) is 8.17. The van der Waals surface area contributed by atoms with Crippen molar-refractivity contribution in [3.63, 3.8) is 0 Å². The second-order valence-corrected chi connectivity index (χ2v) is 8.40. The second-order valence-electron chi connectivity index (χ2n) is 7.99. The van der Waals surface area contributed by atoms with E-state index in [1.807, 2.05) is 19.1 Å². The van der Waals surface area contributed by atoms with Crippen molar-refractivity contribution in [1.29, 1.82) is 0 Å². The van der Waals surface area contributed by atoms with Crippen molar-refractivity contribution < 1.29 is 9.53 Å². The van der Waals surface area contributed by atoms with Crippen molar-refractivity contribution >= 4 is 23.2 Å². The van der Waals surface area contributed by atoms with E-state index in [9.17, 15) is 4.79 Å². The molecule has 28 heavy (non-hydrogen) atoms. The van der Waals surface area contributed by atoms with Crippen LogP contribution in [0, 0.1) is 5.92 Å². The molecule has 0 unspecified atom stereocenters. The van der Waals surface area contributed by atoms with Crippen LogP contribution in [-0.4, -0.2) is 62.8 Å². The zero-order valence-electron chi connectivity index (χ0n) is 17.0. The molecule has 1 saturated carbocycles. The zero-order chi connectivity index (χ0) is 19.8. The highest BCUT2D eigenvalue weighted by Gasteiger charge is 2.24. The van der Waals surface area contributed by atoms with E-state index in [0.717, 1.165) is 55.6 Å². The standard InChI is InChI=1S/C22H34ClN3O2/c1-2-28-17-22(27)24-19-9-7-18(8-10-19)11-12-25-13-15-26(16-14-25)21-6-4-3-5-20(21)23/h3-6,18-19H,2,7-17H2,1H3,(H,24,27). The minimum atomic E-state index is 0.0293. The van der Waals surface area contributed by atoms with Crippen molar-refractivity contribution in [1.82, 2.24) is 10.2 Å². The summed E-state index contributed by atoms with van der Waals surface area (Å²) in [6.07, 6.45) is 5.91. The number of carbonyl (C=O) groups excluding carboxylic acids is 1. The predicted octanol–water partition coefficient (Wildman–Crippen LogP) is 3.56. The molecule has 0 radical (unpaired) electrons. The summed E-state index contributed by atoms with van der Waals surface area (Å²) in [5.74, 6) is 0.823. The average Bonchev–Trinajstić information content (AvgIpc) is 2.72. The first-order chi connectivity index (χ1) is 13.7. The third-order valence-corrected chi connectivity index (χ3v) is 6.39. The SMILES string of the molecule is CCOCC(=O)NC1CCC(CCN2CCN(c3ccccc3Cl)CC2)CC1. The van der Waals surface area contributed by atoms with Gasteiger partial charge in [0.05, 0.1) is 10.7 Å². The number of ether oxygens (including phenoxy) is 1. The molecule has 1 heterocycles. The van der Waals surface area contributed by atoms with Gasteiger partial charge in [0.2, 0.25) is 5.91 Å². The summed E-state index contributed by atoms with van der Waals surface area (Å²) in [4.78, 5) is 16.8. The van der Waals surface area contributed by atoms with Gasteiger partial charge in [0.15, 0.2) is 0 Å². The van der Waals surface area contributed by atoms with E-state index in [0.29, 0.717) is 12.6 Å². The van der Waals surface area contributed by atoms with Crippen LogP contribution in [0.5, 0.6) is 0 Å². The van der Waals surface area contributed by atoms with Gasteiger partial charge in [-0.3, -0.25) is 9.69 Å². The van der Waals surface area contributed by atoms with E-state index in [1.54, 1.807) is 0 Å². The van der Waals surface area contributed by atoms with Gasteiger partial charge in [-0.1, -0.05) is 23.7 Å². The highest BCUT2D eigenvalue weighted by atomic mass is 35.5. The van der Waals surface area contributed by atoms with Gasteiger partial charge in [-0.05, 0) is 63.6 Å². The van der Waals surface area contributed by atoms with Gasteiger partial charge in [0, 0.05) is 38.8 Å². The van der Waals surface area contributed by atoms with Crippen molar-refractivity contribution in [3.8, 4) is 0 Å². The van der Waals surface area contributed by atoms with Gasteiger partial charge in [-0.25, -0.2) is 0 Å². The molecule has 1 aromatic carbocycles. The van der Waals surface area contributed by atoms with E-state index in [2.05, 4.69) is 27.2 Å². The van der Waals surface area contributed by atoms with Crippen molar-refractivity contribution in [2.45, 2.75) is 45.1 Å². The molecule has 0 atom stereocenters. The smallest absolute Gasteiger partial charge is 0.246 e. The maximum absolute atomic E-state index is 11.8. The Morgan fingerprint density at radius 1 is 1.14 bits per heavy atom. The largest absolute Gasteiger partial charge is 0.372 e. The number of para-hydroxylation sites is 1. The minimum absolute atomic E-state index is 0.0293. The van der Waals surface area contributed by atoms with Gasteiger partial charge in [-0.2, -0.15) is 0 Å². The normalized spacial score (nSPS) is 23.6. The fourth-order valence-electron chi connectivity index (χ4n) is 4.35. The number of nitrogens with one attached hydrogen (secondary N) is 1. The van der Waals surface area contributed by atoms with Gasteiger partial charge < -0.3 is 15.0 Å². The van der Waals surface area contributed by atoms with Crippen LogP contribution in [0.2, 0.25) is 5.02 Å². The summed E-state index contributed by atoms with van der Waals surface area (Å²) in [7, 11) is 0. The summed E-state index contributed by atoms with van der Waals surface area (Å²) >= 11 is 6.34. The fraction of sp³-hybridized carbons (Fsp3) is 0.682. The molecular weight excluding hydrogens is 374 g/mol. The summed E-state index contributed by atoms with van der Waals surface area (Å²) < 4.78 is 5.18. The van der Waals surface area contributed by atoms with E-state index < -0.39 is 0 Å². The number of nitrogens with zero attached hydrogens (tertiary/aromatic N) is 2. The molecule has 1 N–H and O–H groups in total. The van der Waals surface area contributed by atoms with E-state index in [4.69, 9.17) is 16.3 Å². The molecule has 5 nitrogen and oxygen atoms in total. The van der Waals surface area contributed by atoms with Gasteiger partial charge in [0.25, 0.3) is 0 Å². The number of hydrogen-bond donors (Lipinski definition) is 1. The molecule has 156 valence electrons. The Morgan fingerprint density at radius 3 is 2.54 bits per heavy atom. The van der Waals surface area contributed by atoms with Crippen LogP contribution < -0.4 is 10.2 Å². The predicted molar refractivity (Wildman–Crippen MR) is 115 cm³/mol. The molecule has 1 aliphatic carbocycles. The minimum Gasteiger partial charge on any atom is -0.372 e. The van der Waals surface area contributed by atoms with Crippen LogP contribution in [0.1, 0.15) is 39.0 Å². The average molecular weight is 408 g/mol. The summed E-state index contributed by atoms with van der Waals surface area (Å²) in [5, 5.41) is 3.96. The highest BCUT2D eigenvalue weighted by Crippen LogP contribution is 2.28. The van der Waals surface area contributed by atoms with Crippen LogP contribution >= 0.6 is 11.6 Å². The first-order valence-corrected chi connectivity index (χ1v) is 11.1. The number of anilines is 1. The van der Waals surface area contributed by atoms with Crippen molar-refractivity contribution in [2.24, 2.45) is 5.92 Å². The summed E-state index contributed by atoms with van der Waals surface area (Å²) in [5.41, 5.74) is 1.16. The molecule has 0 aromatic heterocycles. The number of amides is 1. The highest BCUT2D eigenvalue weighted by molar-refractivity contribution is 6.33. The molecule has 0 spiro atoms. The molecule has 1 aromatic rings. The number of hydrogen-bond acceptors (Lipinski definition) is 4. The first kappa shape index (κ1) is 21.4. The molecule has 1 aliphatic heterocycles. The van der Waals surface area contributed by atoms with Crippen molar-refractivity contribution in [2.75, 3.05) is 50.8 Å². The molecule has 0 bridgehead atoms. The molecule has 2 fully saturated rings. The Labute approximate surface area is 174 Å². The quantitative estimate of drug-likeness (QED) is 0.715. The van der Waals surface area contributed by atoms with Gasteiger partial charge in [0.1, 0.15) is 6.61 Å². The summed E-state index contributed by atoms with van der Waals surface area (Å²) in [6, 6.07) is 8.47. The van der Waals surface area contributed by atoms with Crippen molar-refractivity contribution in [3.05, 3.63) is 29.3 Å². The Hall–Kier alpha value is -1.30. The third kappa shape index (κ3) is 6.36. The molecule has 1 amide bonds. The maximum atomic E-state index is 11.8. The molecule has 3 rings (SSSR count). The van der Waals surface area contributed by atoms with Gasteiger partial charge in [-0.15, -0.1) is 0 Å². The van der Waals surface area contributed by atoms with Crippen LogP contribution in [0.4, 0.5) is 5.69 Å². The number of rotatable bonds is 8.